The molecule has 1 amide bonds. The monoisotopic (exact) mass is 324 g/mol. The van der Waals surface area contributed by atoms with Gasteiger partial charge in [0.1, 0.15) is 0 Å². The number of hydrogen-bond donors (Lipinski definition) is 2. The fourth-order valence-electron chi connectivity index (χ4n) is 1.60. The topological polar surface area (TPSA) is 66.9 Å². The highest BCUT2D eigenvalue weighted by Crippen LogP contribution is 2.31. The van der Waals surface area contributed by atoms with Crippen molar-refractivity contribution in [2.75, 3.05) is 5.32 Å². The van der Waals surface area contributed by atoms with Crippen LogP contribution in [0.1, 0.15) is 24.3 Å². The molecule has 0 bridgehead atoms. The summed E-state index contributed by atoms with van der Waals surface area (Å²) in [6, 6.07) is 8.45. The van der Waals surface area contributed by atoms with Gasteiger partial charge in [0.2, 0.25) is 0 Å². The number of aromatic nitrogens is 2. The molecule has 2 rings (SSSR count). The smallest absolute Gasteiger partial charge is 0.271 e. The van der Waals surface area contributed by atoms with E-state index < -0.39 is 0 Å². The quantitative estimate of drug-likeness (QED) is 0.900. The van der Waals surface area contributed by atoms with Gasteiger partial charge in [-0.1, -0.05) is 29.3 Å². The van der Waals surface area contributed by atoms with Gasteiger partial charge in [0, 0.05) is 6.04 Å². The fraction of sp³-hybridized carbons (Fsp3) is 0.214. The number of carbonyl (C=O) groups is 1. The van der Waals surface area contributed by atoms with Crippen molar-refractivity contribution in [3.8, 4) is 0 Å². The number of nitrogens with one attached hydrogen (secondary N) is 2. The lowest BCUT2D eigenvalue weighted by Gasteiger charge is -2.10. The van der Waals surface area contributed by atoms with Crippen LogP contribution in [0.5, 0.6) is 0 Å². The number of amides is 1. The lowest BCUT2D eigenvalue weighted by molar-refractivity contribution is 0.0937. The average Bonchev–Trinajstić information content (AvgIpc) is 2.43. The van der Waals surface area contributed by atoms with Crippen molar-refractivity contribution in [2.24, 2.45) is 0 Å². The summed E-state index contributed by atoms with van der Waals surface area (Å²) in [5.74, 6) is 0.186. The second-order valence-corrected chi connectivity index (χ2v) is 5.47. The van der Waals surface area contributed by atoms with Gasteiger partial charge in [-0.2, -0.15) is 0 Å². The van der Waals surface area contributed by atoms with Gasteiger partial charge >= 0.3 is 0 Å². The van der Waals surface area contributed by atoms with Crippen LogP contribution in [0.25, 0.3) is 0 Å². The molecule has 5 nitrogen and oxygen atoms in total. The zero-order valence-corrected chi connectivity index (χ0v) is 13.0. The van der Waals surface area contributed by atoms with Crippen LogP contribution < -0.4 is 10.6 Å². The Bertz CT molecular complexity index is 624. The summed E-state index contributed by atoms with van der Waals surface area (Å²) in [5.41, 5.74) is 0.800. The molecule has 1 heterocycles. The van der Waals surface area contributed by atoms with Gasteiger partial charge in [-0.05, 0) is 38.1 Å². The average molecular weight is 325 g/mol. The minimum Gasteiger partial charge on any atom is -0.348 e. The van der Waals surface area contributed by atoms with E-state index in [-0.39, 0.29) is 17.6 Å². The number of rotatable bonds is 4. The maximum Gasteiger partial charge on any atom is 0.271 e. The van der Waals surface area contributed by atoms with Crippen molar-refractivity contribution in [3.05, 3.63) is 46.1 Å². The Hall–Kier alpha value is -1.85. The first kappa shape index (κ1) is 15.5. The summed E-state index contributed by atoms with van der Waals surface area (Å²) >= 11 is 12.1. The van der Waals surface area contributed by atoms with E-state index in [9.17, 15) is 4.79 Å². The van der Waals surface area contributed by atoms with Crippen molar-refractivity contribution in [2.45, 2.75) is 19.9 Å². The van der Waals surface area contributed by atoms with Crippen LogP contribution in [0.2, 0.25) is 10.0 Å². The molecule has 110 valence electrons. The van der Waals surface area contributed by atoms with Crippen molar-refractivity contribution < 1.29 is 4.79 Å². The van der Waals surface area contributed by atoms with E-state index in [1.165, 1.54) is 0 Å². The number of halogens is 2. The summed E-state index contributed by atoms with van der Waals surface area (Å²) in [6.45, 7) is 3.75. The van der Waals surface area contributed by atoms with Gasteiger partial charge in [0.25, 0.3) is 5.91 Å². The van der Waals surface area contributed by atoms with Gasteiger partial charge in [-0.15, -0.1) is 10.2 Å². The first-order chi connectivity index (χ1) is 9.97. The number of nitrogens with zero attached hydrogens (tertiary/aromatic N) is 2. The van der Waals surface area contributed by atoms with E-state index in [0.29, 0.717) is 21.6 Å². The van der Waals surface area contributed by atoms with Crippen LogP contribution in [0.15, 0.2) is 30.3 Å². The fourth-order valence-corrected chi connectivity index (χ4v) is 2.09. The van der Waals surface area contributed by atoms with E-state index in [1.807, 2.05) is 13.8 Å². The van der Waals surface area contributed by atoms with Crippen LogP contribution in [0.4, 0.5) is 11.5 Å². The molecule has 0 aliphatic heterocycles. The summed E-state index contributed by atoms with van der Waals surface area (Å²) in [6.07, 6.45) is 0. The Morgan fingerprint density at radius 2 is 1.76 bits per heavy atom. The molecule has 1 aromatic carbocycles. The molecule has 1 aromatic heterocycles. The molecule has 2 N–H and O–H groups in total. The molecule has 7 heteroatoms. The highest BCUT2D eigenvalue weighted by atomic mass is 35.5. The van der Waals surface area contributed by atoms with Crippen molar-refractivity contribution >= 4 is 40.6 Å². The SMILES string of the molecule is CC(C)NC(=O)c1ccc(Nc2c(Cl)cccc2Cl)nn1. The summed E-state index contributed by atoms with van der Waals surface area (Å²) < 4.78 is 0. The molecule has 21 heavy (non-hydrogen) atoms. The van der Waals surface area contributed by atoms with Crippen LogP contribution in [0.3, 0.4) is 0 Å². The second kappa shape index (κ2) is 6.74. The number of anilines is 2. The summed E-state index contributed by atoms with van der Waals surface area (Å²) in [7, 11) is 0. The van der Waals surface area contributed by atoms with Gasteiger partial charge in [-0.3, -0.25) is 4.79 Å². The Morgan fingerprint density at radius 3 is 2.29 bits per heavy atom. The highest BCUT2D eigenvalue weighted by Gasteiger charge is 2.10. The molecule has 0 aliphatic carbocycles. The van der Waals surface area contributed by atoms with E-state index in [0.717, 1.165) is 0 Å². The van der Waals surface area contributed by atoms with Crippen molar-refractivity contribution in [3.63, 3.8) is 0 Å². The maximum atomic E-state index is 11.8. The Balaban J connectivity index is 2.15. The van der Waals surface area contributed by atoms with Crippen LogP contribution in [-0.2, 0) is 0 Å². The molecule has 0 aliphatic rings. The number of para-hydroxylation sites is 1. The summed E-state index contributed by atoms with van der Waals surface area (Å²) in [5, 5.41) is 14.5. The zero-order chi connectivity index (χ0) is 15.4. The minimum atomic E-state index is -0.264. The van der Waals surface area contributed by atoms with E-state index in [4.69, 9.17) is 23.2 Å². The molecule has 0 atom stereocenters. The molecule has 0 saturated heterocycles. The number of carbonyl (C=O) groups excluding carboxylic acids is 1. The molecular formula is C14H14Cl2N4O. The third-order valence-corrected chi connectivity index (χ3v) is 3.16. The third-order valence-electron chi connectivity index (χ3n) is 2.53. The number of benzene rings is 1. The van der Waals surface area contributed by atoms with Crippen molar-refractivity contribution in [1.82, 2.24) is 15.5 Å². The normalized spacial score (nSPS) is 10.5. The minimum absolute atomic E-state index is 0.0408. The standard InChI is InChI=1S/C14H14Cl2N4O/c1-8(2)17-14(21)11-6-7-12(20-19-11)18-13-9(15)4-3-5-10(13)16/h3-8H,1-2H3,(H,17,21)(H,18,20). The molecule has 2 aromatic rings. The van der Waals surface area contributed by atoms with Crippen LogP contribution in [0, 0.1) is 0 Å². The van der Waals surface area contributed by atoms with E-state index in [2.05, 4.69) is 20.8 Å². The molecule has 0 spiro atoms. The van der Waals surface area contributed by atoms with Gasteiger partial charge in [0.05, 0.1) is 15.7 Å². The first-order valence-electron chi connectivity index (χ1n) is 6.33. The zero-order valence-electron chi connectivity index (χ0n) is 11.5. The Kier molecular flexibility index (Phi) is 4.98. The lowest BCUT2D eigenvalue weighted by Crippen LogP contribution is -2.30. The molecule has 0 unspecified atom stereocenters. The molecule has 0 fully saturated rings. The van der Waals surface area contributed by atoms with Crippen LogP contribution >= 0.6 is 23.2 Å². The highest BCUT2D eigenvalue weighted by molar-refractivity contribution is 6.39. The largest absolute Gasteiger partial charge is 0.348 e. The van der Waals surface area contributed by atoms with E-state index in [1.54, 1.807) is 30.3 Å². The summed E-state index contributed by atoms with van der Waals surface area (Å²) in [4.78, 5) is 11.8. The first-order valence-corrected chi connectivity index (χ1v) is 7.08. The molecular weight excluding hydrogens is 311 g/mol. The second-order valence-electron chi connectivity index (χ2n) is 4.65. The van der Waals surface area contributed by atoms with Crippen molar-refractivity contribution in [1.29, 1.82) is 0 Å². The van der Waals surface area contributed by atoms with E-state index >= 15 is 0 Å². The molecule has 0 radical (unpaired) electrons. The Labute approximate surface area is 132 Å². The molecule has 0 saturated carbocycles. The third kappa shape index (κ3) is 4.06. The van der Waals surface area contributed by atoms with Crippen LogP contribution in [-0.4, -0.2) is 22.1 Å². The lowest BCUT2D eigenvalue weighted by atomic mass is 10.3. The van der Waals surface area contributed by atoms with Gasteiger partial charge in [-0.25, -0.2) is 0 Å². The maximum absolute atomic E-state index is 11.8. The van der Waals surface area contributed by atoms with Gasteiger partial charge < -0.3 is 10.6 Å². The Morgan fingerprint density at radius 1 is 1.10 bits per heavy atom. The predicted octanol–water partition coefficient (Wildman–Crippen LogP) is 3.67. The predicted molar refractivity (Wildman–Crippen MR) is 84.4 cm³/mol. The number of hydrogen-bond acceptors (Lipinski definition) is 4. The van der Waals surface area contributed by atoms with Gasteiger partial charge in [0.15, 0.2) is 11.5 Å².